The molecule has 0 atom stereocenters. The molecule has 2 aromatic heterocycles. The van der Waals surface area contributed by atoms with Gasteiger partial charge in [-0.25, -0.2) is 14.8 Å². The molecule has 27 heavy (non-hydrogen) atoms. The lowest BCUT2D eigenvalue weighted by Gasteiger charge is -2.23. The number of carbonyl (C=O) groups is 1. The van der Waals surface area contributed by atoms with Crippen LogP contribution in [0.5, 0.6) is 0 Å². The van der Waals surface area contributed by atoms with Crippen LogP contribution in [0, 0.1) is 6.92 Å². The van der Waals surface area contributed by atoms with Crippen LogP contribution in [0.3, 0.4) is 0 Å². The van der Waals surface area contributed by atoms with Crippen molar-refractivity contribution in [1.29, 1.82) is 0 Å². The molecule has 1 aromatic carbocycles. The number of benzene rings is 1. The van der Waals surface area contributed by atoms with Crippen LogP contribution >= 0.6 is 11.3 Å². The predicted molar refractivity (Wildman–Crippen MR) is 110 cm³/mol. The SMILES string of the molecule is Cc1cc(-c2ccccc2)c2c(N=CN3CCCCC3)c(C(=O)O)sc2n1. The van der Waals surface area contributed by atoms with Gasteiger partial charge in [0.15, 0.2) is 0 Å². The van der Waals surface area contributed by atoms with E-state index in [1.807, 2.05) is 49.7 Å². The Morgan fingerprint density at radius 3 is 2.67 bits per heavy atom. The molecule has 0 spiro atoms. The lowest BCUT2D eigenvalue weighted by molar-refractivity contribution is 0.0703. The van der Waals surface area contributed by atoms with E-state index in [-0.39, 0.29) is 4.88 Å². The summed E-state index contributed by atoms with van der Waals surface area (Å²) in [5, 5.41) is 10.6. The maximum Gasteiger partial charge on any atom is 0.348 e. The van der Waals surface area contributed by atoms with Crippen LogP contribution in [0.15, 0.2) is 41.4 Å². The van der Waals surface area contributed by atoms with Gasteiger partial charge >= 0.3 is 5.97 Å². The van der Waals surface area contributed by atoms with Crippen molar-refractivity contribution in [2.45, 2.75) is 26.2 Å². The quantitative estimate of drug-likeness (QED) is 0.505. The number of hydrogen-bond donors (Lipinski definition) is 1. The summed E-state index contributed by atoms with van der Waals surface area (Å²) >= 11 is 1.20. The number of hydrogen-bond acceptors (Lipinski definition) is 4. The Morgan fingerprint density at radius 2 is 1.96 bits per heavy atom. The number of rotatable bonds is 4. The summed E-state index contributed by atoms with van der Waals surface area (Å²) in [4.78, 5) is 24.2. The molecule has 3 heterocycles. The molecule has 0 amide bonds. The molecular weight excluding hydrogens is 358 g/mol. The van der Waals surface area contributed by atoms with Crippen molar-refractivity contribution in [2.75, 3.05) is 13.1 Å². The molecule has 138 valence electrons. The lowest BCUT2D eigenvalue weighted by atomic mass is 10.0. The molecular formula is C21H21N3O2S. The van der Waals surface area contributed by atoms with Crippen LogP contribution in [0.25, 0.3) is 21.3 Å². The predicted octanol–water partition coefficient (Wildman–Crippen LogP) is 5.12. The third-order valence-corrected chi connectivity index (χ3v) is 5.85. The third kappa shape index (κ3) is 3.57. The highest BCUT2D eigenvalue weighted by molar-refractivity contribution is 7.21. The molecule has 1 fully saturated rings. The molecule has 1 aliphatic rings. The van der Waals surface area contributed by atoms with Crippen molar-refractivity contribution in [1.82, 2.24) is 9.88 Å². The van der Waals surface area contributed by atoms with E-state index in [0.29, 0.717) is 5.69 Å². The number of aliphatic imine (C=N–C) groups is 1. The number of pyridine rings is 1. The minimum atomic E-state index is -0.958. The molecule has 3 aromatic rings. The van der Waals surface area contributed by atoms with E-state index in [2.05, 4.69) is 14.9 Å². The highest BCUT2D eigenvalue weighted by atomic mass is 32.1. The summed E-state index contributed by atoms with van der Waals surface area (Å²) in [7, 11) is 0. The molecule has 0 radical (unpaired) electrons. The van der Waals surface area contributed by atoms with E-state index < -0.39 is 5.97 Å². The van der Waals surface area contributed by atoms with E-state index >= 15 is 0 Å². The minimum absolute atomic E-state index is 0.244. The molecule has 5 nitrogen and oxygen atoms in total. The number of carboxylic acids is 1. The number of nitrogens with zero attached hydrogens (tertiary/aromatic N) is 3. The first-order valence-electron chi connectivity index (χ1n) is 9.14. The number of aromatic nitrogens is 1. The van der Waals surface area contributed by atoms with Gasteiger partial charge in [-0.1, -0.05) is 30.3 Å². The van der Waals surface area contributed by atoms with Crippen molar-refractivity contribution in [2.24, 2.45) is 4.99 Å². The van der Waals surface area contributed by atoms with Crippen molar-refractivity contribution in [3.05, 3.63) is 47.0 Å². The molecule has 0 saturated carbocycles. The summed E-state index contributed by atoms with van der Waals surface area (Å²) < 4.78 is 0. The lowest BCUT2D eigenvalue weighted by Crippen LogP contribution is -2.28. The molecule has 1 saturated heterocycles. The van der Waals surface area contributed by atoms with Gasteiger partial charge < -0.3 is 10.0 Å². The first-order chi connectivity index (χ1) is 13.1. The Hall–Kier alpha value is -2.73. The zero-order chi connectivity index (χ0) is 18.8. The Labute approximate surface area is 162 Å². The van der Waals surface area contributed by atoms with Gasteiger partial charge in [-0.15, -0.1) is 11.3 Å². The fourth-order valence-electron chi connectivity index (χ4n) is 3.49. The van der Waals surface area contributed by atoms with Crippen molar-refractivity contribution in [3.63, 3.8) is 0 Å². The van der Waals surface area contributed by atoms with E-state index in [0.717, 1.165) is 53.0 Å². The number of likely N-dealkylation sites (tertiary alicyclic amines) is 1. The molecule has 4 rings (SSSR count). The van der Waals surface area contributed by atoms with Crippen molar-refractivity contribution >= 4 is 39.5 Å². The van der Waals surface area contributed by atoms with Crippen molar-refractivity contribution in [3.8, 4) is 11.1 Å². The Kier molecular flexibility index (Phi) is 4.90. The monoisotopic (exact) mass is 379 g/mol. The second-order valence-electron chi connectivity index (χ2n) is 6.78. The smallest absolute Gasteiger partial charge is 0.348 e. The molecule has 1 N–H and O–H groups in total. The standard InChI is InChI=1S/C21H21N3O2S/c1-14-12-16(15-8-4-2-5-9-15)17-18(19(21(25)26)27-20(17)23-14)22-13-24-10-6-3-7-11-24/h2,4-5,8-9,12-13H,3,6-7,10-11H2,1H3,(H,25,26). The van der Waals surface area contributed by atoms with Crippen LogP contribution < -0.4 is 0 Å². The largest absolute Gasteiger partial charge is 0.477 e. The second-order valence-corrected chi connectivity index (χ2v) is 7.78. The van der Waals surface area contributed by atoms with Gasteiger partial charge in [0, 0.05) is 24.2 Å². The summed E-state index contributed by atoms with van der Waals surface area (Å²) in [5.74, 6) is -0.958. The minimum Gasteiger partial charge on any atom is -0.477 e. The first-order valence-corrected chi connectivity index (χ1v) is 9.96. The molecule has 6 heteroatoms. The summed E-state index contributed by atoms with van der Waals surface area (Å²) in [6, 6.07) is 12.0. The van der Waals surface area contributed by atoms with Crippen LogP contribution in [-0.4, -0.2) is 40.4 Å². The summed E-state index contributed by atoms with van der Waals surface area (Å²) in [6.07, 6.45) is 5.35. The zero-order valence-corrected chi connectivity index (χ0v) is 16.0. The first kappa shape index (κ1) is 17.7. The number of thiophene rings is 1. The molecule has 0 unspecified atom stereocenters. The fourth-order valence-corrected chi connectivity index (χ4v) is 4.52. The number of carboxylic acid groups (broad SMARTS) is 1. The maximum atomic E-state index is 11.9. The average molecular weight is 379 g/mol. The zero-order valence-electron chi connectivity index (χ0n) is 15.2. The normalized spacial score (nSPS) is 14.9. The summed E-state index contributed by atoms with van der Waals surface area (Å²) in [6.45, 7) is 3.87. The maximum absolute atomic E-state index is 11.9. The van der Waals surface area contributed by atoms with Crippen LogP contribution in [0.2, 0.25) is 0 Å². The number of aromatic carboxylic acids is 1. The van der Waals surface area contributed by atoms with Crippen LogP contribution in [-0.2, 0) is 0 Å². The van der Waals surface area contributed by atoms with Gasteiger partial charge in [0.25, 0.3) is 0 Å². The Balaban J connectivity index is 1.91. The van der Waals surface area contributed by atoms with Gasteiger partial charge in [0.1, 0.15) is 15.4 Å². The van der Waals surface area contributed by atoms with Crippen LogP contribution in [0.1, 0.15) is 34.6 Å². The van der Waals surface area contributed by atoms with Gasteiger partial charge in [-0.2, -0.15) is 0 Å². The molecule has 0 aliphatic carbocycles. The van der Waals surface area contributed by atoms with Gasteiger partial charge in [-0.05, 0) is 43.4 Å². The Bertz CT molecular complexity index is 1010. The van der Waals surface area contributed by atoms with E-state index in [1.165, 1.54) is 17.8 Å². The summed E-state index contributed by atoms with van der Waals surface area (Å²) in [5.41, 5.74) is 3.40. The van der Waals surface area contributed by atoms with Gasteiger partial charge in [-0.3, -0.25) is 0 Å². The average Bonchev–Trinajstić information content (AvgIpc) is 3.06. The number of piperidine rings is 1. The molecule has 1 aliphatic heterocycles. The third-order valence-electron chi connectivity index (χ3n) is 4.78. The van der Waals surface area contributed by atoms with Crippen molar-refractivity contribution < 1.29 is 9.90 Å². The van der Waals surface area contributed by atoms with E-state index in [1.54, 1.807) is 0 Å². The van der Waals surface area contributed by atoms with Gasteiger partial charge in [0.05, 0.1) is 6.34 Å². The van der Waals surface area contributed by atoms with E-state index in [4.69, 9.17) is 0 Å². The topological polar surface area (TPSA) is 65.8 Å². The fraction of sp³-hybridized carbons (Fsp3) is 0.286. The highest BCUT2D eigenvalue weighted by Gasteiger charge is 2.22. The Morgan fingerprint density at radius 1 is 1.22 bits per heavy atom. The highest BCUT2D eigenvalue weighted by Crippen LogP contribution is 2.42. The van der Waals surface area contributed by atoms with Crippen LogP contribution in [0.4, 0.5) is 5.69 Å². The molecule has 0 bridgehead atoms. The number of fused-ring (bicyclic) bond motifs is 1. The number of aryl methyl sites for hydroxylation is 1. The van der Waals surface area contributed by atoms with Gasteiger partial charge in [0.2, 0.25) is 0 Å². The van der Waals surface area contributed by atoms with E-state index in [9.17, 15) is 9.90 Å². The second kappa shape index (κ2) is 7.48.